The van der Waals surface area contributed by atoms with Crippen LogP contribution in [-0.4, -0.2) is 72.7 Å². The number of methoxy groups -OCH3 is 4. The first-order valence-corrected chi connectivity index (χ1v) is 17.7. The smallest absolute Gasteiger partial charge is 0.265 e. The molecule has 0 aliphatic heterocycles. The molecule has 266 valence electrons. The minimum absolute atomic E-state index is 0.0238. The number of rotatable bonds is 17. The van der Waals surface area contributed by atoms with Crippen molar-refractivity contribution in [1.82, 2.24) is 10.2 Å². The van der Waals surface area contributed by atoms with Gasteiger partial charge in [-0.2, -0.15) is 0 Å². The summed E-state index contributed by atoms with van der Waals surface area (Å²) >= 11 is 6.39. The predicted octanol–water partition coefficient (Wildman–Crippen LogP) is 5.74. The SMILES string of the molecule is CCCNC(=O)[C@H](Cc1ccccc1)N(Cc1cccc(OC)c1)C(=O)CN(c1cc(Cl)ccc1OC)S(=O)(=O)c1ccc(OC)c(OC)c1. The Hall–Kier alpha value is -4.94. The number of anilines is 1. The molecule has 2 amide bonds. The van der Waals surface area contributed by atoms with Gasteiger partial charge in [0.15, 0.2) is 11.5 Å². The van der Waals surface area contributed by atoms with Crippen molar-refractivity contribution in [1.29, 1.82) is 0 Å². The fraction of sp³-hybridized carbons (Fsp3) is 0.297. The molecule has 50 heavy (non-hydrogen) atoms. The molecule has 0 saturated carbocycles. The van der Waals surface area contributed by atoms with E-state index in [-0.39, 0.29) is 46.0 Å². The van der Waals surface area contributed by atoms with E-state index in [2.05, 4.69) is 5.32 Å². The number of ether oxygens (including phenoxy) is 4. The van der Waals surface area contributed by atoms with Crippen LogP contribution in [0.25, 0.3) is 0 Å². The van der Waals surface area contributed by atoms with Gasteiger partial charge < -0.3 is 29.2 Å². The minimum Gasteiger partial charge on any atom is -0.497 e. The Balaban J connectivity index is 1.88. The number of nitrogens with zero attached hydrogens (tertiary/aromatic N) is 2. The standard InChI is InChI=1S/C37H42ClN3O8S/c1-6-19-39-37(43)32(21-26-11-8-7-9-12-26)40(24-27-13-10-14-29(20-27)46-2)36(42)25-41(31-22-28(38)15-17-33(31)47-3)50(44,45)30-16-18-34(48-4)35(23-30)49-5/h7-18,20,22-23,32H,6,19,21,24-25H2,1-5H3,(H,39,43)/t32-/m0/s1. The predicted molar refractivity (Wildman–Crippen MR) is 193 cm³/mol. The van der Waals surface area contributed by atoms with Gasteiger partial charge >= 0.3 is 0 Å². The molecule has 0 radical (unpaired) electrons. The van der Waals surface area contributed by atoms with Crippen LogP contribution in [0.3, 0.4) is 0 Å². The zero-order valence-corrected chi connectivity index (χ0v) is 30.3. The molecule has 0 aliphatic carbocycles. The maximum Gasteiger partial charge on any atom is 0.265 e. The summed E-state index contributed by atoms with van der Waals surface area (Å²) in [5.74, 6) is 0.195. The lowest BCUT2D eigenvalue weighted by atomic mass is 10.0. The number of hydrogen-bond donors (Lipinski definition) is 1. The maximum atomic E-state index is 14.8. The van der Waals surface area contributed by atoms with Crippen LogP contribution >= 0.6 is 11.6 Å². The van der Waals surface area contributed by atoms with Crippen LogP contribution in [0.15, 0.2) is 95.9 Å². The van der Waals surface area contributed by atoms with Crippen LogP contribution in [0.5, 0.6) is 23.0 Å². The van der Waals surface area contributed by atoms with Crippen molar-refractivity contribution in [3.8, 4) is 23.0 Å². The molecule has 4 rings (SSSR count). The van der Waals surface area contributed by atoms with Gasteiger partial charge in [0.05, 0.1) is 39.0 Å². The normalized spacial score (nSPS) is 11.6. The number of sulfonamides is 1. The van der Waals surface area contributed by atoms with Crippen molar-refractivity contribution in [2.24, 2.45) is 0 Å². The first kappa shape index (κ1) is 37.9. The Kier molecular flexibility index (Phi) is 13.4. The van der Waals surface area contributed by atoms with E-state index in [9.17, 15) is 18.0 Å². The average Bonchev–Trinajstić information content (AvgIpc) is 3.14. The van der Waals surface area contributed by atoms with Gasteiger partial charge in [-0.1, -0.05) is 61.0 Å². The highest BCUT2D eigenvalue weighted by Crippen LogP contribution is 2.37. The molecule has 0 heterocycles. The molecule has 0 aromatic heterocycles. The summed E-state index contributed by atoms with van der Waals surface area (Å²) in [5, 5.41) is 3.15. The quantitative estimate of drug-likeness (QED) is 0.147. The van der Waals surface area contributed by atoms with Crippen LogP contribution in [0, 0.1) is 0 Å². The number of carbonyl (C=O) groups excluding carboxylic acids is 2. The van der Waals surface area contributed by atoms with Crippen molar-refractivity contribution < 1.29 is 37.0 Å². The number of hydrogen-bond acceptors (Lipinski definition) is 8. The van der Waals surface area contributed by atoms with E-state index in [1.807, 2.05) is 43.3 Å². The van der Waals surface area contributed by atoms with Crippen LogP contribution in [0.1, 0.15) is 24.5 Å². The largest absolute Gasteiger partial charge is 0.497 e. The Bertz CT molecular complexity index is 1870. The van der Waals surface area contributed by atoms with Gasteiger partial charge in [0.25, 0.3) is 10.0 Å². The second-order valence-corrected chi connectivity index (χ2v) is 13.5. The molecular weight excluding hydrogens is 682 g/mol. The molecule has 0 unspecified atom stereocenters. The summed E-state index contributed by atoms with van der Waals surface area (Å²) in [6.07, 6.45) is 0.856. The lowest BCUT2D eigenvalue weighted by molar-refractivity contribution is -0.140. The summed E-state index contributed by atoms with van der Waals surface area (Å²) < 4.78 is 51.8. The van der Waals surface area contributed by atoms with Crippen molar-refractivity contribution in [2.75, 3.05) is 45.8 Å². The third kappa shape index (κ3) is 9.19. The second kappa shape index (κ2) is 17.6. The number of benzene rings is 4. The molecule has 4 aromatic carbocycles. The van der Waals surface area contributed by atoms with Crippen LogP contribution < -0.4 is 28.6 Å². The Labute approximate surface area is 298 Å². The zero-order valence-electron chi connectivity index (χ0n) is 28.7. The third-order valence-corrected chi connectivity index (χ3v) is 9.93. The lowest BCUT2D eigenvalue weighted by Gasteiger charge is -2.34. The Morgan fingerprint density at radius 2 is 1.46 bits per heavy atom. The lowest BCUT2D eigenvalue weighted by Crippen LogP contribution is -2.53. The van der Waals surface area contributed by atoms with E-state index in [0.29, 0.717) is 30.0 Å². The van der Waals surface area contributed by atoms with Crippen molar-refractivity contribution >= 4 is 39.1 Å². The summed E-state index contributed by atoms with van der Waals surface area (Å²) in [6.45, 7) is 1.60. The summed E-state index contributed by atoms with van der Waals surface area (Å²) in [4.78, 5) is 29.9. The monoisotopic (exact) mass is 723 g/mol. The van der Waals surface area contributed by atoms with Gasteiger partial charge in [-0.3, -0.25) is 13.9 Å². The molecule has 1 atom stereocenters. The second-order valence-electron chi connectivity index (χ2n) is 11.2. The van der Waals surface area contributed by atoms with E-state index < -0.39 is 28.5 Å². The van der Waals surface area contributed by atoms with E-state index >= 15 is 0 Å². The fourth-order valence-electron chi connectivity index (χ4n) is 5.36. The summed E-state index contributed by atoms with van der Waals surface area (Å²) in [5.41, 5.74) is 1.52. The van der Waals surface area contributed by atoms with E-state index in [0.717, 1.165) is 9.87 Å². The van der Waals surface area contributed by atoms with Gasteiger partial charge in [-0.15, -0.1) is 0 Å². The highest BCUT2D eigenvalue weighted by Gasteiger charge is 2.36. The van der Waals surface area contributed by atoms with Gasteiger partial charge in [-0.25, -0.2) is 8.42 Å². The van der Waals surface area contributed by atoms with Gasteiger partial charge in [-0.05, 0) is 60.0 Å². The van der Waals surface area contributed by atoms with Crippen LogP contribution in [-0.2, 0) is 32.6 Å². The zero-order chi connectivity index (χ0) is 36.3. The topological polar surface area (TPSA) is 124 Å². The molecule has 0 fully saturated rings. The molecular formula is C37H42ClN3O8S. The molecule has 0 bridgehead atoms. The molecule has 0 aliphatic rings. The maximum absolute atomic E-state index is 14.8. The summed E-state index contributed by atoms with van der Waals surface area (Å²) in [6, 6.07) is 24.1. The molecule has 0 spiro atoms. The first-order chi connectivity index (χ1) is 24.1. The van der Waals surface area contributed by atoms with Gasteiger partial charge in [0, 0.05) is 30.6 Å². The highest BCUT2D eigenvalue weighted by molar-refractivity contribution is 7.92. The molecule has 0 saturated heterocycles. The Morgan fingerprint density at radius 1 is 0.780 bits per heavy atom. The third-order valence-electron chi connectivity index (χ3n) is 7.94. The minimum atomic E-state index is -4.50. The molecule has 11 nitrogen and oxygen atoms in total. The van der Waals surface area contributed by atoms with Crippen LogP contribution in [0.2, 0.25) is 5.02 Å². The molecule has 13 heteroatoms. The van der Waals surface area contributed by atoms with Gasteiger partial charge in [0.2, 0.25) is 11.8 Å². The number of nitrogens with one attached hydrogen (secondary N) is 1. The van der Waals surface area contributed by atoms with Crippen LogP contribution in [0.4, 0.5) is 5.69 Å². The van der Waals surface area contributed by atoms with Crippen molar-refractivity contribution in [3.05, 3.63) is 107 Å². The Morgan fingerprint density at radius 3 is 2.12 bits per heavy atom. The number of halogens is 1. The first-order valence-electron chi connectivity index (χ1n) is 15.9. The fourth-order valence-corrected chi connectivity index (χ4v) is 6.96. The van der Waals surface area contributed by atoms with Crippen molar-refractivity contribution in [2.45, 2.75) is 37.2 Å². The molecule has 4 aromatic rings. The van der Waals surface area contributed by atoms with E-state index in [1.165, 1.54) is 63.7 Å². The average molecular weight is 724 g/mol. The van der Waals surface area contributed by atoms with E-state index in [1.54, 1.807) is 24.3 Å². The molecule has 1 N–H and O–H groups in total. The van der Waals surface area contributed by atoms with E-state index in [4.69, 9.17) is 30.5 Å². The van der Waals surface area contributed by atoms with Gasteiger partial charge in [0.1, 0.15) is 24.1 Å². The number of carbonyl (C=O) groups is 2. The summed E-state index contributed by atoms with van der Waals surface area (Å²) in [7, 11) is 1.25. The van der Waals surface area contributed by atoms with Crippen molar-refractivity contribution in [3.63, 3.8) is 0 Å². The highest BCUT2D eigenvalue weighted by atomic mass is 35.5. The number of amides is 2.